The monoisotopic (exact) mass is 398 g/mol. The summed E-state index contributed by atoms with van der Waals surface area (Å²) < 4.78 is 23.4. The Kier molecular flexibility index (Phi) is 5.37. The molecule has 27 heavy (non-hydrogen) atoms. The Morgan fingerprint density at radius 3 is 1.30 bits per heavy atom. The van der Waals surface area contributed by atoms with Crippen molar-refractivity contribution in [1.82, 2.24) is 0 Å². The molecule has 0 aromatic heterocycles. The molecule has 8 N–H and O–H groups in total. The molecule has 0 spiro atoms. The van der Waals surface area contributed by atoms with Crippen LogP contribution in [0.2, 0.25) is 0 Å². The van der Waals surface area contributed by atoms with E-state index in [1.165, 1.54) is 13.8 Å². The van der Waals surface area contributed by atoms with Gasteiger partial charge in [-0.25, -0.2) is 0 Å². The average Bonchev–Trinajstić information content (AvgIpc) is 2.52. The smallest absolute Gasteiger partial charge is 0.388 e. The highest BCUT2D eigenvalue weighted by Crippen LogP contribution is 2.48. The zero-order valence-electron chi connectivity index (χ0n) is 14.3. The first-order valence-electron chi connectivity index (χ1n) is 7.72. The Morgan fingerprint density at radius 1 is 0.667 bits per heavy atom. The Balaban J connectivity index is 2.63. The summed E-state index contributed by atoms with van der Waals surface area (Å²) in [5.41, 5.74) is 0. The van der Waals surface area contributed by atoms with Crippen molar-refractivity contribution in [1.29, 1.82) is 0 Å². The number of hydrogen-bond acceptors (Lipinski definition) is 13. The Morgan fingerprint density at radius 2 is 1.00 bits per heavy atom. The summed E-state index contributed by atoms with van der Waals surface area (Å²) >= 11 is 0. The molecule has 2 aliphatic rings. The third-order valence-corrected chi connectivity index (χ3v) is 3.89. The van der Waals surface area contributed by atoms with Crippen LogP contribution in [0, 0.1) is 0 Å². The molecule has 156 valence electrons. The van der Waals surface area contributed by atoms with Gasteiger partial charge in [-0.2, -0.15) is 0 Å². The van der Waals surface area contributed by atoms with E-state index in [0.29, 0.717) is 24.7 Å². The van der Waals surface area contributed by atoms with Gasteiger partial charge in [-0.3, -0.25) is 4.74 Å². The lowest BCUT2D eigenvalue weighted by Gasteiger charge is -2.54. The highest BCUT2D eigenvalue weighted by Gasteiger charge is 2.78. The van der Waals surface area contributed by atoms with Gasteiger partial charge >= 0.3 is 23.5 Å². The SMILES string of the molecule is CCOC1(O)OC=CC(O)(O)C1(O)OC1(O)C(O)(O)C=COC1(O)OCC. The molecule has 4 atom stereocenters. The highest BCUT2D eigenvalue weighted by atomic mass is 16.9. The zero-order chi connectivity index (χ0) is 20.8. The van der Waals surface area contributed by atoms with Crippen LogP contribution in [0.1, 0.15) is 13.8 Å². The maximum Gasteiger partial charge on any atom is 0.388 e. The van der Waals surface area contributed by atoms with Crippen LogP contribution >= 0.6 is 0 Å². The van der Waals surface area contributed by atoms with Crippen LogP contribution in [0.25, 0.3) is 0 Å². The van der Waals surface area contributed by atoms with Gasteiger partial charge in [0.25, 0.3) is 11.6 Å². The lowest BCUT2D eigenvalue weighted by atomic mass is 9.96. The second-order valence-electron chi connectivity index (χ2n) is 5.71. The largest absolute Gasteiger partial charge is 0.443 e. The third kappa shape index (κ3) is 3.02. The summed E-state index contributed by atoms with van der Waals surface area (Å²) in [5.74, 6) is -21.7. The van der Waals surface area contributed by atoms with E-state index < -0.39 is 35.1 Å². The van der Waals surface area contributed by atoms with Crippen LogP contribution in [-0.2, 0) is 23.7 Å². The molecule has 0 aromatic carbocycles. The van der Waals surface area contributed by atoms with Crippen LogP contribution in [0.15, 0.2) is 24.7 Å². The van der Waals surface area contributed by atoms with Crippen molar-refractivity contribution in [2.75, 3.05) is 13.2 Å². The molecule has 13 heteroatoms. The first kappa shape index (κ1) is 21.9. The number of ether oxygens (including phenoxy) is 5. The summed E-state index contributed by atoms with van der Waals surface area (Å²) in [6.45, 7) is 1.85. The molecule has 0 saturated carbocycles. The van der Waals surface area contributed by atoms with Crippen LogP contribution in [0.5, 0.6) is 0 Å². The van der Waals surface area contributed by atoms with Crippen molar-refractivity contribution in [2.45, 2.75) is 48.9 Å². The van der Waals surface area contributed by atoms with Gasteiger partial charge in [-0.15, -0.1) is 0 Å². The van der Waals surface area contributed by atoms with Gasteiger partial charge in [0.2, 0.25) is 0 Å². The van der Waals surface area contributed by atoms with Gasteiger partial charge in [0.05, 0.1) is 25.7 Å². The third-order valence-electron chi connectivity index (χ3n) is 3.89. The normalized spacial score (nSPS) is 42.4. The first-order chi connectivity index (χ1) is 12.2. The second-order valence-corrected chi connectivity index (χ2v) is 5.71. The quantitative estimate of drug-likeness (QED) is 0.202. The van der Waals surface area contributed by atoms with Gasteiger partial charge in [-0.1, -0.05) is 0 Å². The van der Waals surface area contributed by atoms with Gasteiger partial charge in [0.15, 0.2) is 0 Å². The van der Waals surface area contributed by atoms with Crippen LogP contribution in [0.3, 0.4) is 0 Å². The number of aliphatic hydroxyl groups is 8. The van der Waals surface area contributed by atoms with E-state index >= 15 is 0 Å². The molecule has 2 rings (SSSR count). The molecule has 0 fully saturated rings. The lowest BCUT2D eigenvalue weighted by molar-refractivity contribution is -0.603. The summed E-state index contributed by atoms with van der Waals surface area (Å²) in [7, 11) is 0. The Hall–Kier alpha value is -1.36. The molecule has 0 radical (unpaired) electrons. The number of rotatable bonds is 6. The van der Waals surface area contributed by atoms with Gasteiger partial charge in [-0.05, 0) is 13.8 Å². The molecule has 2 aliphatic heterocycles. The van der Waals surface area contributed by atoms with Crippen molar-refractivity contribution in [3.8, 4) is 0 Å². The second kappa shape index (κ2) is 6.61. The minimum atomic E-state index is -3.88. The van der Waals surface area contributed by atoms with Crippen molar-refractivity contribution in [3.63, 3.8) is 0 Å². The fraction of sp³-hybridized carbons (Fsp3) is 0.714. The standard InChI is InChI=1S/C14H22O13/c1-3-23-13(21)11(19,9(15,16)5-7-25-13)27-12(20)10(17,18)6-8-26-14(12,22)24-4-2/h5-8,15-22H,3-4H2,1-2H3. The summed E-state index contributed by atoms with van der Waals surface area (Å²) in [6.07, 6.45) is 1.82. The zero-order valence-corrected chi connectivity index (χ0v) is 14.3. The van der Waals surface area contributed by atoms with Crippen LogP contribution < -0.4 is 0 Å². The van der Waals surface area contributed by atoms with Crippen molar-refractivity contribution >= 4 is 0 Å². The van der Waals surface area contributed by atoms with E-state index in [0.717, 1.165) is 0 Å². The highest BCUT2D eigenvalue weighted by molar-refractivity contribution is 5.13. The fourth-order valence-corrected chi connectivity index (χ4v) is 2.44. The Labute approximate surface area is 152 Å². The summed E-state index contributed by atoms with van der Waals surface area (Å²) in [4.78, 5) is 0. The fourth-order valence-electron chi connectivity index (χ4n) is 2.44. The van der Waals surface area contributed by atoms with E-state index in [9.17, 15) is 40.9 Å². The molecular weight excluding hydrogens is 376 g/mol. The van der Waals surface area contributed by atoms with Crippen LogP contribution in [-0.4, -0.2) is 89.2 Å². The van der Waals surface area contributed by atoms with Crippen molar-refractivity contribution in [3.05, 3.63) is 24.7 Å². The van der Waals surface area contributed by atoms with E-state index in [2.05, 4.69) is 14.2 Å². The molecule has 2 heterocycles. The molecule has 0 amide bonds. The Bertz CT molecular complexity index is 566. The van der Waals surface area contributed by atoms with Crippen molar-refractivity contribution in [2.24, 2.45) is 0 Å². The molecule has 13 nitrogen and oxygen atoms in total. The molecule has 0 aromatic rings. The molecule has 0 bridgehead atoms. The van der Waals surface area contributed by atoms with E-state index in [1.807, 2.05) is 0 Å². The predicted octanol–water partition coefficient (Wildman–Crippen LogP) is -3.80. The summed E-state index contributed by atoms with van der Waals surface area (Å²) in [5, 5.41) is 82.5. The summed E-state index contributed by atoms with van der Waals surface area (Å²) in [6, 6.07) is 0. The maximum absolute atomic E-state index is 10.7. The molecule has 0 saturated heterocycles. The van der Waals surface area contributed by atoms with E-state index in [1.54, 1.807) is 0 Å². The van der Waals surface area contributed by atoms with Crippen LogP contribution in [0.4, 0.5) is 0 Å². The predicted molar refractivity (Wildman–Crippen MR) is 78.9 cm³/mol. The van der Waals surface area contributed by atoms with Gasteiger partial charge < -0.3 is 59.8 Å². The van der Waals surface area contributed by atoms with E-state index in [4.69, 9.17) is 9.47 Å². The molecule has 4 unspecified atom stereocenters. The average molecular weight is 398 g/mol. The lowest BCUT2D eigenvalue weighted by Crippen LogP contribution is -2.80. The van der Waals surface area contributed by atoms with E-state index in [-0.39, 0.29) is 13.2 Å². The van der Waals surface area contributed by atoms with Gasteiger partial charge in [0.1, 0.15) is 0 Å². The molecular formula is C14H22O13. The van der Waals surface area contributed by atoms with Gasteiger partial charge in [0, 0.05) is 12.2 Å². The molecule has 0 aliphatic carbocycles. The minimum Gasteiger partial charge on any atom is -0.443 e. The van der Waals surface area contributed by atoms with Crippen molar-refractivity contribution < 1.29 is 64.5 Å². The number of hydrogen-bond donors (Lipinski definition) is 8. The maximum atomic E-state index is 10.7. The topological polar surface area (TPSA) is 208 Å². The first-order valence-corrected chi connectivity index (χ1v) is 7.72. The minimum absolute atomic E-state index is 0.375.